The zero-order valence-corrected chi connectivity index (χ0v) is 10.3. The minimum Gasteiger partial charge on any atom is -0.394 e. The maximum atomic E-state index is 9.68. The maximum Gasteiger partial charge on any atom is 0.223 e. The predicted octanol–water partition coefficient (Wildman–Crippen LogP) is 1.10. The largest absolute Gasteiger partial charge is 0.394 e. The first-order chi connectivity index (χ1) is 8.66. The number of imidazole rings is 1. The first kappa shape index (κ1) is 11.4. The standard InChI is InChI=1S/C11H12ClN5O/c12-8-7-9(16-10(13)15-8)17(6-14-7)11(5-18)3-1-2-4-11/h1,3,6,18H,2,4-5H2,(H2,13,15,16). The molecule has 3 N–H and O–H groups in total. The third-order valence-electron chi connectivity index (χ3n) is 3.30. The lowest BCUT2D eigenvalue weighted by Gasteiger charge is -2.26. The van der Waals surface area contributed by atoms with Gasteiger partial charge in [0.2, 0.25) is 5.95 Å². The van der Waals surface area contributed by atoms with E-state index in [9.17, 15) is 5.11 Å². The van der Waals surface area contributed by atoms with Gasteiger partial charge in [0.25, 0.3) is 0 Å². The summed E-state index contributed by atoms with van der Waals surface area (Å²) in [6.45, 7) is -0.0174. The molecule has 0 radical (unpaired) electrons. The predicted molar refractivity (Wildman–Crippen MR) is 68.2 cm³/mol. The molecule has 0 saturated heterocycles. The molecule has 6 nitrogen and oxygen atoms in total. The second kappa shape index (κ2) is 3.93. The topological polar surface area (TPSA) is 89.8 Å². The Morgan fingerprint density at radius 2 is 2.33 bits per heavy atom. The van der Waals surface area contributed by atoms with Crippen LogP contribution in [0.2, 0.25) is 5.15 Å². The molecule has 1 aliphatic rings. The molecule has 0 bridgehead atoms. The molecule has 0 amide bonds. The Morgan fingerprint density at radius 1 is 1.50 bits per heavy atom. The van der Waals surface area contributed by atoms with Gasteiger partial charge in [0.1, 0.15) is 5.52 Å². The summed E-state index contributed by atoms with van der Waals surface area (Å²) in [7, 11) is 0. The Morgan fingerprint density at radius 3 is 3.00 bits per heavy atom. The van der Waals surface area contributed by atoms with Crippen molar-refractivity contribution in [2.45, 2.75) is 18.4 Å². The number of hydrogen-bond donors (Lipinski definition) is 2. The number of nitrogen functional groups attached to an aromatic ring is 1. The number of allylic oxidation sites excluding steroid dienone is 1. The zero-order valence-electron chi connectivity index (χ0n) is 9.54. The molecule has 0 saturated carbocycles. The number of aliphatic hydroxyl groups is 1. The van der Waals surface area contributed by atoms with Gasteiger partial charge in [-0.05, 0) is 12.8 Å². The minimum atomic E-state index is -0.501. The van der Waals surface area contributed by atoms with Crippen molar-refractivity contribution in [2.24, 2.45) is 0 Å². The average Bonchev–Trinajstić information content (AvgIpc) is 2.95. The van der Waals surface area contributed by atoms with Gasteiger partial charge in [0, 0.05) is 0 Å². The van der Waals surface area contributed by atoms with Gasteiger partial charge < -0.3 is 15.4 Å². The van der Waals surface area contributed by atoms with Crippen molar-refractivity contribution in [1.82, 2.24) is 19.5 Å². The zero-order chi connectivity index (χ0) is 12.8. The number of fused-ring (bicyclic) bond motifs is 1. The van der Waals surface area contributed by atoms with Gasteiger partial charge in [-0.3, -0.25) is 0 Å². The smallest absolute Gasteiger partial charge is 0.223 e. The van der Waals surface area contributed by atoms with E-state index in [1.807, 2.05) is 16.7 Å². The van der Waals surface area contributed by atoms with Crippen LogP contribution in [-0.4, -0.2) is 31.2 Å². The van der Waals surface area contributed by atoms with Crippen LogP contribution < -0.4 is 5.73 Å². The summed E-state index contributed by atoms with van der Waals surface area (Å²) in [4.78, 5) is 12.2. The maximum absolute atomic E-state index is 9.68. The lowest BCUT2D eigenvalue weighted by Crippen LogP contribution is -2.33. The summed E-state index contributed by atoms with van der Waals surface area (Å²) in [5, 5.41) is 9.91. The lowest BCUT2D eigenvalue weighted by molar-refractivity contribution is 0.174. The van der Waals surface area contributed by atoms with Crippen LogP contribution in [0.25, 0.3) is 11.2 Å². The highest BCUT2D eigenvalue weighted by molar-refractivity contribution is 6.33. The number of nitrogens with two attached hydrogens (primary N) is 1. The number of aliphatic hydroxyl groups excluding tert-OH is 1. The number of aromatic nitrogens is 4. The Bertz CT molecular complexity index is 638. The van der Waals surface area contributed by atoms with Gasteiger partial charge in [0.15, 0.2) is 10.8 Å². The Kier molecular flexibility index (Phi) is 2.49. The van der Waals surface area contributed by atoms with Crippen molar-refractivity contribution in [2.75, 3.05) is 12.3 Å². The van der Waals surface area contributed by atoms with Crippen LogP contribution in [0.1, 0.15) is 12.8 Å². The third kappa shape index (κ3) is 1.49. The fourth-order valence-corrected chi connectivity index (χ4v) is 2.56. The SMILES string of the molecule is Nc1nc(Cl)c2ncn(C3(CO)C=CCC3)c2n1. The Balaban J connectivity index is 2.27. The van der Waals surface area contributed by atoms with E-state index < -0.39 is 5.54 Å². The molecule has 2 aromatic rings. The Labute approximate surface area is 108 Å². The van der Waals surface area contributed by atoms with Crippen molar-refractivity contribution in [3.63, 3.8) is 0 Å². The van der Waals surface area contributed by atoms with Crippen molar-refractivity contribution < 1.29 is 5.11 Å². The molecule has 3 rings (SSSR count). The van der Waals surface area contributed by atoms with Gasteiger partial charge in [0.05, 0.1) is 18.5 Å². The van der Waals surface area contributed by atoms with E-state index in [-0.39, 0.29) is 17.7 Å². The van der Waals surface area contributed by atoms with Crippen molar-refractivity contribution in [1.29, 1.82) is 0 Å². The Hall–Kier alpha value is -1.66. The molecule has 0 spiro atoms. The summed E-state index contributed by atoms with van der Waals surface area (Å²) in [5.41, 5.74) is 6.15. The monoisotopic (exact) mass is 265 g/mol. The van der Waals surface area contributed by atoms with Crippen LogP contribution in [0.5, 0.6) is 0 Å². The molecule has 2 aromatic heterocycles. The highest BCUT2D eigenvalue weighted by Gasteiger charge is 2.33. The molecular weight excluding hydrogens is 254 g/mol. The molecule has 2 heterocycles. The van der Waals surface area contributed by atoms with Crippen LogP contribution in [0.15, 0.2) is 18.5 Å². The van der Waals surface area contributed by atoms with Crippen LogP contribution in [0.4, 0.5) is 5.95 Å². The molecule has 94 valence electrons. The number of halogens is 1. The summed E-state index contributed by atoms with van der Waals surface area (Å²) >= 11 is 5.98. The minimum absolute atomic E-state index is 0.0174. The van der Waals surface area contributed by atoms with E-state index in [0.29, 0.717) is 11.2 Å². The van der Waals surface area contributed by atoms with Crippen LogP contribution >= 0.6 is 11.6 Å². The molecular formula is C11H12ClN5O. The quantitative estimate of drug-likeness (QED) is 0.627. The highest BCUT2D eigenvalue weighted by Crippen LogP contribution is 2.33. The lowest BCUT2D eigenvalue weighted by atomic mass is 10.0. The average molecular weight is 266 g/mol. The first-order valence-corrected chi connectivity index (χ1v) is 5.99. The van der Waals surface area contributed by atoms with Crippen LogP contribution in [0.3, 0.4) is 0 Å². The van der Waals surface area contributed by atoms with Crippen LogP contribution in [0, 0.1) is 0 Å². The second-order valence-corrected chi connectivity index (χ2v) is 4.72. The van der Waals surface area contributed by atoms with Gasteiger partial charge in [-0.15, -0.1) is 0 Å². The van der Waals surface area contributed by atoms with E-state index in [4.69, 9.17) is 17.3 Å². The fourth-order valence-electron chi connectivity index (χ4n) is 2.34. The summed E-state index contributed by atoms with van der Waals surface area (Å²) in [6, 6.07) is 0. The summed E-state index contributed by atoms with van der Waals surface area (Å²) in [6.07, 6.45) is 7.34. The fraction of sp³-hybridized carbons (Fsp3) is 0.364. The van der Waals surface area contributed by atoms with E-state index in [1.165, 1.54) is 0 Å². The van der Waals surface area contributed by atoms with Crippen LogP contribution in [-0.2, 0) is 5.54 Å². The normalized spacial score (nSPS) is 23.0. The number of rotatable bonds is 2. The van der Waals surface area contributed by atoms with Gasteiger partial charge in [-0.2, -0.15) is 9.97 Å². The number of nitrogens with zero attached hydrogens (tertiary/aromatic N) is 4. The van der Waals surface area contributed by atoms with Gasteiger partial charge in [-0.25, -0.2) is 4.98 Å². The molecule has 7 heteroatoms. The number of hydrogen-bond acceptors (Lipinski definition) is 5. The summed E-state index contributed by atoms with van der Waals surface area (Å²) < 4.78 is 1.82. The second-order valence-electron chi connectivity index (χ2n) is 4.36. The summed E-state index contributed by atoms with van der Waals surface area (Å²) in [5.74, 6) is 0.101. The highest BCUT2D eigenvalue weighted by atomic mass is 35.5. The molecule has 1 atom stereocenters. The molecule has 18 heavy (non-hydrogen) atoms. The third-order valence-corrected chi connectivity index (χ3v) is 3.56. The van der Waals surface area contributed by atoms with E-state index in [0.717, 1.165) is 12.8 Å². The molecule has 0 aliphatic heterocycles. The molecule has 1 unspecified atom stereocenters. The molecule has 0 aromatic carbocycles. The first-order valence-electron chi connectivity index (χ1n) is 5.61. The van der Waals surface area contributed by atoms with Gasteiger partial charge >= 0.3 is 0 Å². The van der Waals surface area contributed by atoms with E-state index in [1.54, 1.807) is 6.33 Å². The molecule has 1 aliphatic carbocycles. The number of anilines is 1. The van der Waals surface area contributed by atoms with Crippen molar-refractivity contribution in [3.8, 4) is 0 Å². The van der Waals surface area contributed by atoms with E-state index >= 15 is 0 Å². The van der Waals surface area contributed by atoms with Gasteiger partial charge in [-0.1, -0.05) is 23.8 Å². The van der Waals surface area contributed by atoms with Crippen molar-refractivity contribution >= 4 is 28.7 Å². The molecule has 0 fully saturated rings. The van der Waals surface area contributed by atoms with Crippen molar-refractivity contribution in [3.05, 3.63) is 23.6 Å². The van der Waals surface area contributed by atoms with E-state index in [2.05, 4.69) is 15.0 Å².